The largest absolute Gasteiger partial charge is 0.496 e. The molecular weight excluding hydrogens is 364 g/mol. The number of amides is 1. The van der Waals surface area contributed by atoms with E-state index in [9.17, 15) is 4.79 Å². The molecular formula is C23H24N4O2. The van der Waals surface area contributed by atoms with Gasteiger partial charge in [0.1, 0.15) is 17.6 Å². The van der Waals surface area contributed by atoms with Gasteiger partial charge in [-0.2, -0.15) is 0 Å². The monoisotopic (exact) mass is 388 g/mol. The Hall–Kier alpha value is -3.54. The van der Waals surface area contributed by atoms with E-state index in [-0.39, 0.29) is 5.91 Å². The molecule has 148 valence electrons. The Kier molecular flexibility index (Phi) is 4.84. The van der Waals surface area contributed by atoms with Crippen LogP contribution in [0.3, 0.4) is 0 Å². The number of hydrogen-bond acceptors (Lipinski definition) is 3. The van der Waals surface area contributed by atoms with Crippen LogP contribution in [0, 0.1) is 13.8 Å². The first kappa shape index (κ1) is 18.8. The van der Waals surface area contributed by atoms with Crippen molar-refractivity contribution in [2.45, 2.75) is 19.9 Å². The van der Waals surface area contributed by atoms with Crippen molar-refractivity contribution in [3.8, 4) is 5.75 Å². The molecule has 1 atom stereocenters. The van der Waals surface area contributed by atoms with Crippen molar-refractivity contribution >= 4 is 16.8 Å². The van der Waals surface area contributed by atoms with Gasteiger partial charge in [-0.25, -0.2) is 4.98 Å². The van der Waals surface area contributed by atoms with E-state index in [1.807, 2.05) is 67.2 Å². The van der Waals surface area contributed by atoms with Gasteiger partial charge in [-0.3, -0.25) is 4.79 Å². The Balaban J connectivity index is 1.74. The minimum absolute atomic E-state index is 0.163. The van der Waals surface area contributed by atoms with E-state index in [0.29, 0.717) is 11.3 Å². The van der Waals surface area contributed by atoms with E-state index < -0.39 is 6.04 Å². The molecule has 2 N–H and O–H groups in total. The van der Waals surface area contributed by atoms with Crippen molar-refractivity contribution < 1.29 is 9.53 Å². The fourth-order valence-electron chi connectivity index (χ4n) is 3.66. The number of nitrogens with zero attached hydrogens (tertiary/aromatic N) is 2. The maximum absolute atomic E-state index is 13.2. The number of para-hydroxylation sites is 1. The van der Waals surface area contributed by atoms with E-state index in [2.05, 4.69) is 22.2 Å². The number of fused-ring (bicyclic) bond motifs is 1. The predicted octanol–water partition coefficient (Wildman–Crippen LogP) is 4.05. The molecule has 6 heteroatoms. The van der Waals surface area contributed by atoms with Crippen LogP contribution in [0.25, 0.3) is 10.9 Å². The van der Waals surface area contributed by atoms with Crippen LogP contribution in [0.4, 0.5) is 0 Å². The number of nitrogens with one attached hydrogen (secondary N) is 2. The average molecular weight is 388 g/mol. The van der Waals surface area contributed by atoms with Crippen LogP contribution in [0.1, 0.15) is 39.0 Å². The zero-order valence-electron chi connectivity index (χ0n) is 17.0. The molecule has 4 rings (SSSR count). The second kappa shape index (κ2) is 7.47. The summed E-state index contributed by atoms with van der Waals surface area (Å²) in [4.78, 5) is 21.0. The van der Waals surface area contributed by atoms with E-state index >= 15 is 0 Å². The number of imidazole rings is 1. The second-order valence-electron chi connectivity index (χ2n) is 7.18. The number of carbonyl (C=O) groups excluding carboxylic acids is 1. The Bertz CT molecular complexity index is 1190. The lowest BCUT2D eigenvalue weighted by Gasteiger charge is -2.21. The fourth-order valence-corrected chi connectivity index (χ4v) is 3.66. The highest BCUT2D eigenvalue weighted by atomic mass is 16.5. The molecule has 0 aliphatic heterocycles. The Morgan fingerprint density at radius 2 is 2.00 bits per heavy atom. The third kappa shape index (κ3) is 3.38. The number of aromatic amines is 1. The molecule has 0 radical (unpaired) electrons. The normalized spacial score (nSPS) is 12.1. The number of methoxy groups -OCH3 is 1. The van der Waals surface area contributed by atoms with Crippen LogP contribution in [-0.4, -0.2) is 27.6 Å². The second-order valence-corrected chi connectivity index (χ2v) is 7.18. The number of aromatic nitrogens is 3. The quantitative estimate of drug-likeness (QED) is 0.542. The van der Waals surface area contributed by atoms with Gasteiger partial charge in [-0.15, -0.1) is 0 Å². The van der Waals surface area contributed by atoms with Gasteiger partial charge in [-0.05, 0) is 43.7 Å². The first-order valence-electron chi connectivity index (χ1n) is 9.49. The van der Waals surface area contributed by atoms with Crippen molar-refractivity contribution in [2.75, 3.05) is 7.11 Å². The van der Waals surface area contributed by atoms with E-state index in [0.717, 1.165) is 33.5 Å². The third-order valence-corrected chi connectivity index (χ3v) is 5.41. The van der Waals surface area contributed by atoms with E-state index in [1.54, 1.807) is 13.3 Å². The number of rotatable bonds is 5. The van der Waals surface area contributed by atoms with E-state index in [4.69, 9.17) is 4.74 Å². The molecule has 0 aliphatic carbocycles. The van der Waals surface area contributed by atoms with Crippen molar-refractivity contribution in [2.24, 2.45) is 7.05 Å². The van der Waals surface area contributed by atoms with Crippen molar-refractivity contribution in [3.63, 3.8) is 0 Å². The molecule has 2 aromatic heterocycles. The highest BCUT2D eigenvalue weighted by molar-refractivity contribution is 5.99. The fraction of sp³-hybridized carbons (Fsp3) is 0.217. The van der Waals surface area contributed by atoms with Gasteiger partial charge in [0, 0.05) is 47.2 Å². The van der Waals surface area contributed by atoms with Gasteiger partial charge in [0.05, 0.1) is 7.11 Å². The standard InChI is InChI=1S/C23H24N4O2/c1-14-15(2)25-19-10-9-16(13-18(14)19)23(28)26-21(22-24-11-12-27(22)3)17-7-5-6-8-20(17)29-4/h5-13,21,25H,1-4H3,(H,26,28). The van der Waals surface area contributed by atoms with Gasteiger partial charge in [0.2, 0.25) is 0 Å². The number of hydrogen-bond donors (Lipinski definition) is 2. The summed E-state index contributed by atoms with van der Waals surface area (Å²) in [5, 5.41) is 4.20. The van der Waals surface area contributed by atoms with Crippen LogP contribution < -0.4 is 10.1 Å². The molecule has 2 aromatic carbocycles. The molecule has 0 saturated carbocycles. The van der Waals surface area contributed by atoms with Crippen molar-refractivity contribution in [1.29, 1.82) is 0 Å². The molecule has 2 heterocycles. The lowest BCUT2D eigenvalue weighted by molar-refractivity contribution is 0.0941. The highest BCUT2D eigenvalue weighted by Crippen LogP contribution is 2.30. The zero-order valence-corrected chi connectivity index (χ0v) is 17.0. The summed E-state index contributed by atoms with van der Waals surface area (Å²) < 4.78 is 7.44. The molecule has 6 nitrogen and oxygen atoms in total. The Morgan fingerprint density at radius 3 is 2.72 bits per heavy atom. The summed E-state index contributed by atoms with van der Waals surface area (Å²) in [6, 6.07) is 12.9. The summed E-state index contributed by atoms with van der Waals surface area (Å²) in [5.41, 5.74) is 4.75. The zero-order chi connectivity index (χ0) is 20.5. The lowest BCUT2D eigenvalue weighted by Crippen LogP contribution is -2.31. The SMILES string of the molecule is COc1ccccc1C(NC(=O)c1ccc2[nH]c(C)c(C)c2c1)c1nccn1C. The van der Waals surface area contributed by atoms with Crippen molar-refractivity contribution in [3.05, 3.63) is 83.1 Å². The van der Waals surface area contributed by atoms with Crippen LogP contribution >= 0.6 is 0 Å². The van der Waals surface area contributed by atoms with Crippen LogP contribution in [0.5, 0.6) is 5.75 Å². The molecule has 29 heavy (non-hydrogen) atoms. The van der Waals surface area contributed by atoms with Crippen LogP contribution in [-0.2, 0) is 7.05 Å². The highest BCUT2D eigenvalue weighted by Gasteiger charge is 2.24. The minimum Gasteiger partial charge on any atom is -0.496 e. The van der Waals surface area contributed by atoms with E-state index in [1.165, 1.54) is 0 Å². The average Bonchev–Trinajstić information content (AvgIpc) is 3.28. The molecule has 0 bridgehead atoms. The summed E-state index contributed by atoms with van der Waals surface area (Å²) in [6.07, 6.45) is 3.59. The van der Waals surface area contributed by atoms with Crippen LogP contribution in [0.2, 0.25) is 0 Å². The van der Waals surface area contributed by atoms with Gasteiger partial charge in [0.15, 0.2) is 0 Å². The number of ether oxygens (including phenoxy) is 1. The summed E-state index contributed by atoms with van der Waals surface area (Å²) >= 11 is 0. The van der Waals surface area contributed by atoms with Gasteiger partial charge < -0.3 is 19.6 Å². The maximum atomic E-state index is 13.2. The predicted molar refractivity (Wildman–Crippen MR) is 113 cm³/mol. The van der Waals surface area contributed by atoms with Gasteiger partial charge in [-0.1, -0.05) is 18.2 Å². The topological polar surface area (TPSA) is 71.9 Å². The summed E-state index contributed by atoms with van der Waals surface area (Å²) in [6.45, 7) is 4.09. The number of carbonyl (C=O) groups is 1. The minimum atomic E-state index is -0.441. The first-order valence-corrected chi connectivity index (χ1v) is 9.49. The molecule has 0 fully saturated rings. The lowest BCUT2D eigenvalue weighted by atomic mass is 10.0. The Labute approximate surface area is 169 Å². The number of aryl methyl sites for hydroxylation is 3. The third-order valence-electron chi connectivity index (χ3n) is 5.41. The molecule has 1 unspecified atom stereocenters. The number of benzene rings is 2. The summed E-state index contributed by atoms with van der Waals surface area (Å²) in [5.74, 6) is 1.27. The molecule has 0 saturated heterocycles. The molecule has 0 aliphatic rings. The van der Waals surface area contributed by atoms with Gasteiger partial charge >= 0.3 is 0 Å². The smallest absolute Gasteiger partial charge is 0.252 e. The molecule has 4 aromatic rings. The molecule has 0 spiro atoms. The van der Waals surface area contributed by atoms with Crippen LogP contribution in [0.15, 0.2) is 54.9 Å². The Morgan fingerprint density at radius 1 is 1.21 bits per heavy atom. The maximum Gasteiger partial charge on any atom is 0.252 e. The van der Waals surface area contributed by atoms with Crippen molar-refractivity contribution in [1.82, 2.24) is 19.9 Å². The first-order chi connectivity index (χ1) is 14.0. The summed E-state index contributed by atoms with van der Waals surface area (Å²) in [7, 11) is 3.54. The van der Waals surface area contributed by atoms with Gasteiger partial charge in [0.25, 0.3) is 5.91 Å². The number of H-pyrrole nitrogens is 1. The molecule has 1 amide bonds.